The second kappa shape index (κ2) is 7.50. The van der Waals surface area contributed by atoms with Gasteiger partial charge in [-0.2, -0.15) is 0 Å². The largest absolute Gasteiger partial charge is 0.504 e. The molecule has 1 saturated heterocycles. The van der Waals surface area contributed by atoms with Crippen LogP contribution in [0.1, 0.15) is 11.1 Å². The Morgan fingerprint density at radius 2 is 1.82 bits per heavy atom. The number of hydrogen-bond donors (Lipinski definition) is 1. The number of hydrogen-bond acceptors (Lipinski definition) is 7. The standard InChI is InChI=1S/C21H22O7/c1-24-19-9-13(7-16(22)20(19)25-2)6-15-14(10-26-21(15)23)5-12-3-4-17-18(8-12)28-11-27-17/h3-4,7-9,14-15,22H,5-6,10-11H2,1-2H3. The number of rotatable bonds is 6. The molecule has 0 aliphatic carbocycles. The summed E-state index contributed by atoms with van der Waals surface area (Å²) in [6, 6.07) is 9.20. The van der Waals surface area contributed by atoms with Crippen LogP contribution in [-0.4, -0.2) is 38.7 Å². The van der Waals surface area contributed by atoms with Crippen LogP contribution in [0.15, 0.2) is 30.3 Å². The molecule has 4 rings (SSSR count). The maximum Gasteiger partial charge on any atom is 0.309 e. The molecule has 0 radical (unpaired) electrons. The van der Waals surface area contributed by atoms with Crippen molar-refractivity contribution >= 4 is 5.97 Å². The molecule has 2 atom stereocenters. The number of carbonyl (C=O) groups excluding carboxylic acids is 1. The molecule has 0 spiro atoms. The Morgan fingerprint density at radius 1 is 1.00 bits per heavy atom. The molecule has 1 N–H and O–H groups in total. The minimum absolute atomic E-state index is 0.0180. The minimum atomic E-state index is -0.303. The van der Waals surface area contributed by atoms with Gasteiger partial charge in [-0.1, -0.05) is 6.07 Å². The first-order valence-electron chi connectivity index (χ1n) is 9.08. The molecule has 2 unspecified atom stereocenters. The van der Waals surface area contributed by atoms with Crippen molar-refractivity contribution in [1.82, 2.24) is 0 Å². The molecular formula is C21H22O7. The van der Waals surface area contributed by atoms with Crippen molar-refractivity contribution in [2.24, 2.45) is 11.8 Å². The highest BCUT2D eigenvalue weighted by Gasteiger charge is 2.37. The van der Waals surface area contributed by atoms with E-state index in [1.807, 2.05) is 18.2 Å². The van der Waals surface area contributed by atoms with Crippen LogP contribution in [0, 0.1) is 11.8 Å². The lowest BCUT2D eigenvalue weighted by molar-refractivity contribution is -0.141. The second-order valence-electron chi connectivity index (χ2n) is 6.94. The lowest BCUT2D eigenvalue weighted by Crippen LogP contribution is -2.20. The van der Waals surface area contributed by atoms with Gasteiger partial charge in [0, 0.05) is 5.92 Å². The first-order valence-corrected chi connectivity index (χ1v) is 9.08. The fraction of sp³-hybridized carbons (Fsp3) is 0.381. The Hall–Kier alpha value is -3.09. The fourth-order valence-electron chi connectivity index (χ4n) is 3.80. The van der Waals surface area contributed by atoms with Gasteiger partial charge in [-0.05, 0) is 48.2 Å². The first-order chi connectivity index (χ1) is 13.6. The molecule has 0 aromatic heterocycles. The van der Waals surface area contributed by atoms with E-state index < -0.39 is 0 Å². The molecule has 148 valence electrons. The molecule has 0 amide bonds. The molecular weight excluding hydrogens is 364 g/mol. The van der Waals surface area contributed by atoms with E-state index in [2.05, 4.69) is 0 Å². The molecule has 0 bridgehead atoms. The van der Waals surface area contributed by atoms with Crippen LogP contribution < -0.4 is 18.9 Å². The summed E-state index contributed by atoms with van der Waals surface area (Å²) in [5, 5.41) is 10.2. The highest BCUT2D eigenvalue weighted by atomic mass is 16.7. The third-order valence-electron chi connectivity index (χ3n) is 5.22. The van der Waals surface area contributed by atoms with Crippen molar-refractivity contribution in [3.63, 3.8) is 0 Å². The number of aromatic hydroxyl groups is 1. The smallest absolute Gasteiger partial charge is 0.309 e. The van der Waals surface area contributed by atoms with Crippen LogP contribution in [0.5, 0.6) is 28.7 Å². The Balaban J connectivity index is 1.53. The van der Waals surface area contributed by atoms with Gasteiger partial charge >= 0.3 is 5.97 Å². The lowest BCUT2D eigenvalue weighted by Gasteiger charge is -2.17. The molecule has 1 fully saturated rings. The van der Waals surface area contributed by atoms with Gasteiger partial charge in [0.2, 0.25) is 12.5 Å². The van der Waals surface area contributed by atoms with Gasteiger partial charge in [-0.15, -0.1) is 0 Å². The molecule has 2 heterocycles. The summed E-state index contributed by atoms with van der Waals surface area (Å²) >= 11 is 0. The lowest BCUT2D eigenvalue weighted by atomic mass is 9.85. The van der Waals surface area contributed by atoms with Gasteiger partial charge in [0.15, 0.2) is 23.0 Å². The first kappa shape index (κ1) is 18.3. The van der Waals surface area contributed by atoms with Crippen LogP contribution >= 0.6 is 0 Å². The summed E-state index contributed by atoms with van der Waals surface area (Å²) < 4.78 is 26.6. The fourth-order valence-corrected chi connectivity index (χ4v) is 3.80. The molecule has 2 aromatic carbocycles. The monoisotopic (exact) mass is 386 g/mol. The quantitative estimate of drug-likeness (QED) is 0.764. The summed E-state index contributed by atoms with van der Waals surface area (Å²) in [6.45, 7) is 0.604. The summed E-state index contributed by atoms with van der Waals surface area (Å²) in [4.78, 5) is 12.3. The zero-order valence-corrected chi connectivity index (χ0v) is 15.8. The van der Waals surface area contributed by atoms with E-state index in [1.54, 1.807) is 12.1 Å². The molecule has 0 saturated carbocycles. The van der Waals surface area contributed by atoms with Crippen LogP contribution in [0.25, 0.3) is 0 Å². The van der Waals surface area contributed by atoms with Crippen molar-refractivity contribution in [2.75, 3.05) is 27.6 Å². The maximum atomic E-state index is 12.3. The van der Waals surface area contributed by atoms with Crippen molar-refractivity contribution in [2.45, 2.75) is 12.8 Å². The normalized spacial score (nSPS) is 20.1. The van der Waals surface area contributed by atoms with Gasteiger partial charge in [0.05, 0.1) is 26.7 Å². The van der Waals surface area contributed by atoms with Crippen LogP contribution in [-0.2, 0) is 22.4 Å². The van der Waals surface area contributed by atoms with Gasteiger partial charge in [-0.3, -0.25) is 4.79 Å². The zero-order valence-electron chi connectivity index (χ0n) is 15.8. The van der Waals surface area contributed by atoms with Gasteiger partial charge < -0.3 is 28.8 Å². The van der Waals surface area contributed by atoms with E-state index in [-0.39, 0.29) is 36.1 Å². The second-order valence-corrected chi connectivity index (χ2v) is 6.94. The summed E-state index contributed by atoms with van der Waals surface area (Å²) in [5.41, 5.74) is 1.85. The van der Waals surface area contributed by atoms with Crippen LogP contribution in [0.2, 0.25) is 0 Å². The van der Waals surface area contributed by atoms with Gasteiger partial charge in [0.25, 0.3) is 0 Å². The molecule has 2 aliphatic heterocycles. The number of benzene rings is 2. The van der Waals surface area contributed by atoms with E-state index in [1.165, 1.54) is 14.2 Å². The summed E-state index contributed by atoms with van der Waals surface area (Å²) in [7, 11) is 2.97. The molecule has 7 nitrogen and oxygen atoms in total. The predicted octanol–water partition coefficient (Wildman–Crippen LogP) is 2.71. The third-order valence-corrected chi connectivity index (χ3v) is 5.22. The molecule has 7 heteroatoms. The molecule has 2 aromatic rings. The van der Waals surface area contributed by atoms with Gasteiger partial charge in [0.1, 0.15) is 0 Å². The summed E-state index contributed by atoms with van der Waals surface area (Å²) in [5.74, 6) is 1.65. The Labute approximate surface area is 162 Å². The summed E-state index contributed by atoms with van der Waals surface area (Å²) in [6.07, 6.45) is 1.13. The Kier molecular flexibility index (Phi) is 4.90. The third kappa shape index (κ3) is 3.40. The van der Waals surface area contributed by atoms with E-state index >= 15 is 0 Å². The van der Waals surface area contributed by atoms with Crippen molar-refractivity contribution in [3.8, 4) is 28.7 Å². The van der Waals surface area contributed by atoms with E-state index in [4.69, 9.17) is 23.7 Å². The number of carbonyl (C=O) groups is 1. The average molecular weight is 386 g/mol. The zero-order chi connectivity index (χ0) is 19.7. The molecule has 28 heavy (non-hydrogen) atoms. The number of ether oxygens (including phenoxy) is 5. The topological polar surface area (TPSA) is 83.5 Å². The molecule has 2 aliphatic rings. The Bertz CT molecular complexity index is 893. The highest BCUT2D eigenvalue weighted by molar-refractivity contribution is 5.75. The predicted molar refractivity (Wildman–Crippen MR) is 99.1 cm³/mol. The van der Waals surface area contributed by atoms with E-state index in [0.717, 1.165) is 22.6 Å². The van der Waals surface area contributed by atoms with Gasteiger partial charge in [-0.25, -0.2) is 0 Å². The van der Waals surface area contributed by atoms with Crippen LogP contribution in [0.3, 0.4) is 0 Å². The number of phenols is 1. The Morgan fingerprint density at radius 3 is 2.61 bits per heavy atom. The van der Waals surface area contributed by atoms with Crippen LogP contribution in [0.4, 0.5) is 0 Å². The highest BCUT2D eigenvalue weighted by Crippen LogP contribution is 2.40. The number of phenolic OH excluding ortho intramolecular Hbond substituents is 1. The van der Waals surface area contributed by atoms with Crippen molar-refractivity contribution in [1.29, 1.82) is 0 Å². The number of esters is 1. The average Bonchev–Trinajstić information content (AvgIpc) is 3.29. The number of methoxy groups -OCH3 is 2. The van der Waals surface area contributed by atoms with Crippen molar-refractivity contribution in [3.05, 3.63) is 41.5 Å². The maximum absolute atomic E-state index is 12.3. The number of fused-ring (bicyclic) bond motifs is 1. The minimum Gasteiger partial charge on any atom is -0.504 e. The SMILES string of the molecule is COc1cc(CC2C(=O)OCC2Cc2ccc3c(c2)OCO3)cc(O)c1OC. The number of cyclic esters (lactones) is 1. The van der Waals surface area contributed by atoms with Crippen molar-refractivity contribution < 1.29 is 33.6 Å². The van der Waals surface area contributed by atoms with E-state index in [9.17, 15) is 9.90 Å². The van der Waals surface area contributed by atoms with E-state index in [0.29, 0.717) is 25.2 Å².